The van der Waals surface area contributed by atoms with Crippen LogP contribution in [0.25, 0.3) is 10.9 Å². The fourth-order valence-corrected chi connectivity index (χ4v) is 1.64. The minimum absolute atomic E-state index is 0.165. The summed E-state index contributed by atoms with van der Waals surface area (Å²) >= 11 is 0. The van der Waals surface area contributed by atoms with E-state index >= 15 is 0 Å². The molecular formula is C13H18N2. The summed E-state index contributed by atoms with van der Waals surface area (Å²) in [5.74, 6) is 0. The van der Waals surface area contributed by atoms with E-state index in [0.717, 1.165) is 6.54 Å². The SMILES string of the molecule is CC(C)(C)NCc1c[nH]c2ccccc12. The lowest BCUT2D eigenvalue weighted by Gasteiger charge is -2.20. The van der Waals surface area contributed by atoms with Gasteiger partial charge in [-0.15, -0.1) is 0 Å². The molecule has 1 aromatic carbocycles. The predicted octanol–water partition coefficient (Wildman–Crippen LogP) is 3.06. The van der Waals surface area contributed by atoms with Crippen LogP contribution < -0.4 is 5.32 Å². The van der Waals surface area contributed by atoms with E-state index in [1.807, 2.05) is 0 Å². The van der Waals surface area contributed by atoms with Crippen LogP contribution in [0.4, 0.5) is 0 Å². The van der Waals surface area contributed by atoms with Gasteiger partial charge in [-0.05, 0) is 32.4 Å². The molecule has 0 spiro atoms. The van der Waals surface area contributed by atoms with Crippen molar-refractivity contribution in [3.63, 3.8) is 0 Å². The number of rotatable bonds is 2. The summed E-state index contributed by atoms with van der Waals surface area (Å²) in [5.41, 5.74) is 2.71. The Bertz CT molecular complexity index is 449. The lowest BCUT2D eigenvalue weighted by Crippen LogP contribution is -2.34. The van der Waals surface area contributed by atoms with E-state index in [0.29, 0.717) is 0 Å². The maximum absolute atomic E-state index is 3.50. The molecule has 2 aromatic rings. The summed E-state index contributed by atoms with van der Waals surface area (Å²) in [6.45, 7) is 7.46. The average Bonchev–Trinajstić information content (AvgIpc) is 2.57. The number of H-pyrrole nitrogens is 1. The number of fused-ring (bicyclic) bond motifs is 1. The largest absolute Gasteiger partial charge is 0.361 e. The molecular weight excluding hydrogens is 184 g/mol. The Morgan fingerprint density at radius 3 is 2.67 bits per heavy atom. The molecule has 1 aromatic heterocycles. The van der Waals surface area contributed by atoms with Crippen LogP contribution in [0.3, 0.4) is 0 Å². The third-order valence-corrected chi connectivity index (χ3v) is 2.48. The lowest BCUT2D eigenvalue weighted by molar-refractivity contribution is 0.425. The van der Waals surface area contributed by atoms with Crippen LogP contribution in [0.2, 0.25) is 0 Å². The van der Waals surface area contributed by atoms with Crippen LogP contribution in [-0.2, 0) is 6.54 Å². The monoisotopic (exact) mass is 202 g/mol. The van der Waals surface area contributed by atoms with Crippen molar-refractivity contribution in [1.82, 2.24) is 10.3 Å². The van der Waals surface area contributed by atoms with Gasteiger partial charge in [-0.25, -0.2) is 0 Å². The molecule has 2 heteroatoms. The highest BCUT2D eigenvalue weighted by atomic mass is 14.9. The molecule has 15 heavy (non-hydrogen) atoms. The maximum atomic E-state index is 3.50. The Morgan fingerprint density at radius 2 is 1.93 bits per heavy atom. The topological polar surface area (TPSA) is 27.8 Å². The quantitative estimate of drug-likeness (QED) is 0.769. The molecule has 0 saturated carbocycles. The minimum atomic E-state index is 0.165. The number of benzene rings is 1. The second-order valence-corrected chi connectivity index (χ2v) is 4.96. The third-order valence-electron chi connectivity index (χ3n) is 2.48. The summed E-state index contributed by atoms with van der Waals surface area (Å²) < 4.78 is 0. The van der Waals surface area contributed by atoms with E-state index in [9.17, 15) is 0 Å². The Balaban J connectivity index is 2.22. The lowest BCUT2D eigenvalue weighted by atomic mass is 10.1. The van der Waals surface area contributed by atoms with E-state index in [1.54, 1.807) is 0 Å². The molecule has 1 heterocycles. The number of para-hydroxylation sites is 1. The van der Waals surface area contributed by atoms with E-state index in [-0.39, 0.29) is 5.54 Å². The smallest absolute Gasteiger partial charge is 0.0457 e. The van der Waals surface area contributed by atoms with Crippen LogP contribution in [0.1, 0.15) is 26.3 Å². The Hall–Kier alpha value is -1.28. The first-order chi connectivity index (χ1) is 7.06. The van der Waals surface area contributed by atoms with Gasteiger partial charge in [0.05, 0.1) is 0 Å². The van der Waals surface area contributed by atoms with E-state index in [1.165, 1.54) is 16.5 Å². The first-order valence-corrected chi connectivity index (χ1v) is 5.36. The minimum Gasteiger partial charge on any atom is -0.361 e. The van der Waals surface area contributed by atoms with Gasteiger partial charge in [0.15, 0.2) is 0 Å². The highest BCUT2D eigenvalue weighted by Crippen LogP contribution is 2.17. The van der Waals surface area contributed by atoms with Crippen LogP contribution in [0.15, 0.2) is 30.5 Å². The van der Waals surface area contributed by atoms with E-state index in [4.69, 9.17) is 0 Å². The number of nitrogens with one attached hydrogen (secondary N) is 2. The zero-order chi connectivity index (χ0) is 10.9. The third kappa shape index (κ3) is 2.39. The van der Waals surface area contributed by atoms with Crippen molar-refractivity contribution in [3.05, 3.63) is 36.0 Å². The summed E-state index contributed by atoms with van der Waals surface area (Å²) in [5, 5.41) is 4.81. The van der Waals surface area contributed by atoms with E-state index < -0.39 is 0 Å². The number of aromatic amines is 1. The molecule has 2 nitrogen and oxygen atoms in total. The van der Waals surface area contributed by atoms with Gasteiger partial charge in [0.2, 0.25) is 0 Å². The highest BCUT2D eigenvalue weighted by Gasteiger charge is 2.10. The second-order valence-electron chi connectivity index (χ2n) is 4.96. The summed E-state index contributed by atoms with van der Waals surface area (Å²) in [4.78, 5) is 3.28. The van der Waals surface area contributed by atoms with Crippen LogP contribution >= 0.6 is 0 Å². The first-order valence-electron chi connectivity index (χ1n) is 5.36. The summed E-state index contributed by atoms with van der Waals surface area (Å²) in [6.07, 6.45) is 2.09. The molecule has 0 aliphatic carbocycles. The number of hydrogen-bond donors (Lipinski definition) is 2. The average molecular weight is 202 g/mol. The van der Waals surface area contributed by atoms with Gasteiger partial charge >= 0.3 is 0 Å². The van der Waals surface area contributed by atoms with Crippen molar-refractivity contribution in [1.29, 1.82) is 0 Å². The molecule has 0 bridgehead atoms. The molecule has 0 aliphatic heterocycles. The van der Waals surface area contributed by atoms with Crippen molar-refractivity contribution in [2.24, 2.45) is 0 Å². The molecule has 2 rings (SSSR count). The second kappa shape index (κ2) is 3.70. The van der Waals surface area contributed by atoms with Crippen molar-refractivity contribution < 1.29 is 0 Å². The van der Waals surface area contributed by atoms with Crippen molar-refractivity contribution >= 4 is 10.9 Å². The fraction of sp³-hybridized carbons (Fsp3) is 0.385. The van der Waals surface area contributed by atoms with Gasteiger partial charge in [0.1, 0.15) is 0 Å². The standard InChI is InChI=1S/C13H18N2/c1-13(2,3)15-9-10-8-14-12-7-5-4-6-11(10)12/h4-8,14-15H,9H2,1-3H3. The molecule has 0 atom stereocenters. The zero-order valence-electron chi connectivity index (χ0n) is 9.59. The summed E-state index contributed by atoms with van der Waals surface area (Å²) in [7, 11) is 0. The van der Waals surface area contributed by atoms with E-state index in [2.05, 4.69) is 61.5 Å². The number of hydrogen-bond acceptors (Lipinski definition) is 1. The van der Waals surface area contributed by atoms with Gasteiger partial charge in [-0.1, -0.05) is 18.2 Å². The van der Waals surface area contributed by atoms with Gasteiger partial charge in [0.25, 0.3) is 0 Å². The molecule has 0 saturated heterocycles. The van der Waals surface area contributed by atoms with Crippen molar-refractivity contribution in [3.8, 4) is 0 Å². The number of aromatic nitrogens is 1. The van der Waals surface area contributed by atoms with Gasteiger partial charge in [0, 0.05) is 29.2 Å². The molecule has 80 valence electrons. The molecule has 0 radical (unpaired) electrons. The Labute approximate surface area is 90.7 Å². The summed E-state index contributed by atoms with van der Waals surface area (Å²) in [6, 6.07) is 8.40. The zero-order valence-corrected chi connectivity index (χ0v) is 9.59. The first kappa shape index (κ1) is 10.2. The van der Waals surface area contributed by atoms with Gasteiger partial charge in [-0.2, -0.15) is 0 Å². The van der Waals surface area contributed by atoms with Gasteiger partial charge < -0.3 is 10.3 Å². The Kier molecular flexibility index (Phi) is 2.53. The van der Waals surface area contributed by atoms with Gasteiger partial charge in [-0.3, -0.25) is 0 Å². The molecule has 0 fully saturated rings. The van der Waals surface area contributed by atoms with Crippen LogP contribution in [0.5, 0.6) is 0 Å². The Morgan fingerprint density at radius 1 is 1.20 bits per heavy atom. The predicted molar refractivity (Wildman–Crippen MR) is 64.9 cm³/mol. The highest BCUT2D eigenvalue weighted by molar-refractivity contribution is 5.82. The normalized spacial score (nSPS) is 12.2. The van der Waals surface area contributed by atoms with Crippen LogP contribution in [-0.4, -0.2) is 10.5 Å². The molecule has 0 unspecified atom stereocenters. The maximum Gasteiger partial charge on any atom is 0.0457 e. The molecule has 0 amide bonds. The molecule has 0 aliphatic rings. The van der Waals surface area contributed by atoms with Crippen molar-refractivity contribution in [2.45, 2.75) is 32.9 Å². The fourth-order valence-electron chi connectivity index (χ4n) is 1.64. The molecule has 2 N–H and O–H groups in total. The van der Waals surface area contributed by atoms with Crippen molar-refractivity contribution in [2.75, 3.05) is 0 Å². The van der Waals surface area contributed by atoms with Crippen LogP contribution in [0, 0.1) is 0 Å².